The Morgan fingerprint density at radius 3 is 2.41 bits per heavy atom. The smallest absolute Gasteiger partial charge is 0.113 e. The molecule has 0 bridgehead atoms. The van der Waals surface area contributed by atoms with Crippen molar-refractivity contribution in [1.82, 2.24) is 0 Å². The first-order chi connectivity index (χ1) is 10.4. The van der Waals surface area contributed by atoms with Gasteiger partial charge in [-0.15, -0.1) is 5.98 Å². The Balaban J connectivity index is 2.85. The van der Waals surface area contributed by atoms with Crippen molar-refractivity contribution in [2.75, 3.05) is 0 Å². The van der Waals surface area contributed by atoms with E-state index in [9.17, 15) is 0 Å². The summed E-state index contributed by atoms with van der Waals surface area (Å²) in [4.78, 5) is 0. The fourth-order valence-corrected chi connectivity index (χ4v) is 4.19. The van der Waals surface area contributed by atoms with Crippen molar-refractivity contribution in [3.05, 3.63) is 22.5 Å². The first-order valence-corrected chi connectivity index (χ1v) is 10.2. The van der Waals surface area contributed by atoms with Crippen LogP contribution >= 0.6 is 15.9 Å². The molecule has 0 nitrogen and oxygen atoms in total. The molecule has 0 heterocycles. The third-order valence-electron chi connectivity index (χ3n) is 5.71. The number of hydrogen-bond donors (Lipinski definition) is 0. The molecule has 0 saturated heterocycles. The van der Waals surface area contributed by atoms with E-state index in [0.717, 1.165) is 5.92 Å². The van der Waals surface area contributed by atoms with Crippen LogP contribution in [0.1, 0.15) is 86.0 Å². The highest BCUT2D eigenvalue weighted by Crippen LogP contribution is 2.42. The Labute approximate surface area is 148 Å². The summed E-state index contributed by atoms with van der Waals surface area (Å²) >= 11 is 3.91. The summed E-state index contributed by atoms with van der Waals surface area (Å²) in [5.74, 6) is 4.00. The van der Waals surface area contributed by atoms with Crippen molar-refractivity contribution in [3.63, 3.8) is 0 Å². The van der Waals surface area contributed by atoms with Gasteiger partial charge >= 0.3 is 0 Å². The van der Waals surface area contributed by atoms with Crippen LogP contribution in [0.4, 0.5) is 0 Å². The van der Waals surface area contributed by atoms with Gasteiger partial charge in [-0.1, -0.05) is 94.8 Å². The van der Waals surface area contributed by atoms with Crippen molar-refractivity contribution < 1.29 is 0 Å². The lowest BCUT2D eigenvalue weighted by atomic mass is 9.31. The van der Waals surface area contributed by atoms with Gasteiger partial charge in [0.25, 0.3) is 0 Å². The highest BCUT2D eigenvalue weighted by atomic mass is 79.9. The largest absolute Gasteiger partial charge is 0.215 e. The quantitative estimate of drug-likeness (QED) is 0.306. The van der Waals surface area contributed by atoms with E-state index in [-0.39, 0.29) is 5.31 Å². The Hall–Kier alpha value is 0.0249. The summed E-state index contributed by atoms with van der Waals surface area (Å²) < 4.78 is 1.40. The number of allylic oxidation sites excluding steroid dienone is 2. The Morgan fingerprint density at radius 2 is 1.86 bits per heavy atom. The van der Waals surface area contributed by atoms with Gasteiger partial charge in [0.2, 0.25) is 6.71 Å². The first-order valence-electron chi connectivity index (χ1n) is 9.43. The fourth-order valence-electron chi connectivity index (χ4n) is 3.22. The molecule has 1 saturated carbocycles. The average molecular weight is 367 g/mol. The molecule has 0 spiro atoms. The van der Waals surface area contributed by atoms with E-state index in [2.05, 4.69) is 68.7 Å². The monoisotopic (exact) mass is 366 g/mol. The van der Waals surface area contributed by atoms with Gasteiger partial charge in [0.1, 0.15) is 0 Å². The molecular formula is C20H36BBr. The zero-order valence-corrected chi connectivity index (χ0v) is 17.1. The number of hydrogen-bond acceptors (Lipinski definition) is 0. The van der Waals surface area contributed by atoms with Crippen LogP contribution in [-0.2, 0) is 0 Å². The second-order valence-electron chi connectivity index (χ2n) is 7.97. The van der Waals surface area contributed by atoms with Gasteiger partial charge in [0, 0.05) is 0 Å². The van der Waals surface area contributed by atoms with Crippen LogP contribution in [0.3, 0.4) is 0 Å². The number of rotatable bonds is 8. The highest BCUT2D eigenvalue weighted by Gasteiger charge is 2.36. The standard InChI is InChI=1S/C20H36BBr/c1-6-7-9-14-19(22)21(20(4,5)17(2)3)16-15-18-12-10-8-11-13-18/h14-18H,6-13H2,1-5H3/b16-15+,19-14-. The van der Waals surface area contributed by atoms with E-state index < -0.39 is 0 Å². The molecule has 0 aliphatic heterocycles. The lowest BCUT2D eigenvalue weighted by Crippen LogP contribution is -2.32. The molecule has 0 aromatic rings. The SMILES string of the molecule is CCCC/C=C(\Br)B(/C=C/C1CCCCC1)C(C)(C)C(C)C. The maximum Gasteiger partial charge on any atom is 0.215 e. The van der Waals surface area contributed by atoms with E-state index in [1.807, 2.05) is 0 Å². The van der Waals surface area contributed by atoms with Crippen LogP contribution < -0.4 is 0 Å². The molecule has 2 heteroatoms. The molecule has 1 rings (SSSR count). The first kappa shape index (κ1) is 20.1. The molecule has 0 unspecified atom stereocenters. The van der Waals surface area contributed by atoms with Crippen LogP contribution in [0.5, 0.6) is 0 Å². The van der Waals surface area contributed by atoms with E-state index in [4.69, 9.17) is 0 Å². The second-order valence-corrected chi connectivity index (χ2v) is 8.88. The van der Waals surface area contributed by atoms with Gasteiger partial charge in [-0.2, -0.15) is 0 Å². The maximum atomic E-state index is 3.91. The zero-order valence-electron chi connectivity index (χ0n) is 15.5. The molecule has 1 aliphatic carbocycles. The Kier molecular flexibility index (Phi) is 9.13. The van der Waals surface area contributed by atoms with Gasteiger partial charge in [0.05, 0.1) is 0 Å². The van der Waals surface area contributed by atoms with Crippen LogP contribution in [0, 0.1) is 11.8 Å². The summed E-state index contributed by atoms with van der Waals surface area (Å²) in [7, 11) is 0. The molecule has 126 valence electrons. The molecule has 22 heavy (non-hydrogen) atoms. The molecule has 0 radical (unpaired) electrons. The van der Waals surface area contributed by atoms with Crippen molar-refractivity contribution in [2.45, 2.75) is 91.3 Å². The van der Waals surface area contributed by atoms with Crippen molar-refractivity contribution in [2.24, 2.45) is 11.8 Å². The molecule has 0 aromatic carbocycles. The summed E-state index contributed by atoms with van der Waals surface area (Å²) in [5.41, 5.74) is 0. The van der Waals surface area contributed by atoms with E-state index in [1.165, 1.54) is 55.7 Å². The van der Waals surface area contributed by atoms with E-state index >= 15 is 0 Å². The van der Waals surface area contributed by atoms with Crippen molar-refractivity contribution in [1.29, 1.82) is 0 Å². The molecule has 1 aliphatic rings. The second kappa shape index (κ2) is 10.0. The van der Waals surface area contributed by atoms with E-state index in [1.54, 1.807) is 0 Å². The molecule has 0 N–H and O–H groups in total. The minimum atomic E-state index is 0.284. The van der Waals surface area contributed by atoms with Crippen LogP contribution in [0.25, 0.3) is 0 Å². The predicted octanol–water partition coefficient (Wildman–Crippen LogP) is 7.60. The molecule has 1 fully saturated rings. The molecule has 0 aromatic heterocycles. The fraction of sp³-hybridized carbons (Fsp3) is 0.800. The van der Waals surface area contributed by atoms with Gasteiger partial charge < -0.3 is 0 Å². The highest BCUT2D eigenvalue weighted by molar-refractivity contribution is 9.12. The minimum Gasteiger partial charge on any atom is -0.113 e. The lowest BCUT2D eigenvalue weighted by Gasteiger charge is -2.34. The van der Waals surface area contributed by atoms with Gasteiger partial charge in [-0.3, -0.25) is 0 Å². The maximum absolute atomic E-state index is 3.91. The van der Waals surface area contributed by atoms with E-state index in [0.29, 0.717) is 12.6 Å². The van der Waals surface area contributed by atoms with Crippen LogP contribution in [-0.4, -0.2) is 6.71 Å². The van der Waals surface area contributed by atoms with Gasteiger partial charge in [-0.05, 0) is 40.8 Å². The summed E-state index contributed by atoms with van der Waals surface area (Å²) in [6, 6.07) is 0. The summed E-state index contributed by atoms with van der Waals surface area (Å²) in [5, 5.41) is 0.284. The third-order valence-corrected chi connectivity index (χ3v) is 6.53. The molecule has 0 atom stereocenters. The minimum absolute atomic E-state index is 0.284. The lowest BCUT2D eigenvalue weighted by molar-refractivity contribution is 0.419. The zero-order chi connectivity index (χ0) is 16.6. The van der Waals surface area contributed by atoms with Crippen LogP contribution in [0.2, 0.25) is 5.31 Å². The summed E-state index contributed by atoms with van der Waals surface area (Å²) in [6.45, 7) is 12.3. The third kappa shape index (κ3) is 6.26. The molecular weight excluding hydrogens is 331 g/mol. The Bertz CT molecular complexity index is 362. The van der Waals surface area contributed by atoms with Crippen molar-refractivity contribution in [3.8, 4) is 0 Å². The van der Waals surface area contributed by atoms with Gasteiger partial charge in [-0.25, -0.2) is 0 Å². The predicted molar refractivity (Wildman–Crippen MR) is 107 cm³/mol. The normalized spacial score (nSPS) is 18.4. The average Bonchev–Trinajstić information content (AvgIpc) is 2.48. The number of unbranched alkanes of at least 4 members (excludes halogenated alkanes) is 2. The Morgan fingerprint density at radius 1 is 1.23 bits per heavy atom. The number of halogens is 1. The van der Waals surface area contributed by atoms with Crippen LogP contribution in [0.15, 0.2) is 22.5 Å². The van der Waals surface area contributed by atoms with Crippen molar-refractivity contribution >= 4 is 22.6 Å². The summed E-state index contributed by atoms with van der Waals surface area (Å²) in [6.07, 6.45) is 15.8. The topological polar surface area (TPSA) is 0 Å². The van der Waals surface area contributed by atoms with Gasteiger partial charge in [0.15, 0.2) is 0 Å². The molecule has 0 amide bonds.